The molecule has 2 fully saturated rings. The summed E-state index contributed by atoms with van der Waals surface area (Å²) in [5.74, 6) is 0.690. The van der Waals surface area contributed by atoms with Gasteiger partial charge in [0.15, 0.2) is 5.65 Å². The van der Waals surface area contributed by atoms with Crippen LogP contribution in [-0.2, 0) is 0 Å². The molecule has 0 unspecified atom stereocenters. The van der Waals surface area contributed by atoms with Gasteiger partial charge in [0, 0.05) is 74.2 Å². The van der Waals surface area contributed by atoms with E-state index in [9.17, 15) is 0 Å². The lowest BCUT2D eigenvalue weighted by atomic mass is 9.90. The number of nitrogens with one attached hydrogen (secondary N) is 1. The normalized spacial score (nSPS) is 22.7. The van der Waals surface area contributed by atoms with Crippen molar-refractivity contribution in [1.29, 1.82) is 0 Å². The van der Waals surface area contributed by atoms with E-state index in [1.807, 2.05) is 35.2 Å². The summed E-state index contributed by atoms with van der Waals surface area (Å²) in [5.41, 5.74) is 4.39. The number of anilines is 1. The van der Waals surface area contributed by atoms with Crippen LogP contribution in [0.1, 0.15) is 25.7 Å². The maximum atomic E-state index is 4.73. The van der Waals surface area contributed by atoms with E-state index >= 15 is 0 Å². The van der Waals surface area contributed by atoms with E-state index in [0.29, 0.717) is 17.6 Å². The molecule has 170 valence electrons. The van der Waals surface area contributed by atoms with E-state index in [4.69, 9.17) is 5.10 Å². The van der Waals surface area contributed by atoms with Gasteiger partial charge in [0.05, 0.1) is 11.7 Å². The molecule has 0 bridgehead atoms. The number of pyridine rings is 1. The molecule has 1 saturated heterocycles. The maximum Gasteiger partial charge on any atom is 0.241 e. The Morgan fingerprint density at radius 2 is 1.73 bits per heavy atom. The Morgan fingerprint density at radius 3 is 2.58 bits per heavy atom. The van der Waals surface area contributed by atoms with Crippen LogP contribution in [0.2, 0.25) is 0 Å². The fourth-order valence-corrected chi connectivity index (χ4v) is 5.17. The van der Waals surface area contributed by atoms with E-state index in [-0.39, 0.29) is 0 Å². The Kier molecular flexibility index (Phi) is 5.35. The lowest BCUT2D eigenvalue weighted by Crippen LogP contribution is -2.50. The molecular weight excluding hydrogens is 414 g/mol. The summed E-state index contributed by atoms with van der Waals surface area (Å²) < 4.78 is 1.89. The quantitative estimate of drug-likeness (QED) is 0.515. The minimum absolute atomic E-state index is 0.435. The van der Waals surface area contributed by atoms with Crippen molar-refractivity contribution < 1.29 is 0 Å². The standard InChI is InChI=1S/C24H29N9/c1-31-10-12-32(13-11-31)19-4-2-18(3-5-19)29-24-28-16-22-20(6-9-33(22)30-24)17-14-21-23(27-15-17)26-8-7-25-21/h6-9,14-16,18-19H,2-5,10-13H2,1H3,(H,29,30). The van der Waals surface area contributed by atoms with Crippen LogP contribution in [0.3, 0.4) is 0 Å². The smallest absolute Gasteiger partial charge is 0.241 e. The lowest BCUT2D eigenvalue weighted by Gasteiger charge is -2.41. The lowest BCUT2D eigenvalue weighted by molar-refractivity contribution is 0.0893. The van der Waals surface area contributed by atoms with Crippen LogP contribution in [0.4, 0.5) is 5.95 Å². The van der Waals surface area contributed by atoms with Crippen molar-refractivity contribution in [3.63, 3.8) is 0 Å². The molecule has 4 aromatic heterocycles. The third-order valence-corrected chi connectivity index (χ3v) is 7.14. The molecule has 1 aliphatic heterocycles. The number of fused-ring (bicyclic) bond motifs is 2. The van der Waals surface area contributed by atoms with Crippen LogP contribution in [0.25, 0.3) is 27.8 Å². The molecule has 0 atom stereocenters. The van der Waals surface area contributed by atoms with Crippen molar-refractivity contribution in [3.05, 3.63) is 43.1 Å². The summed E-state index contributed by atoms with van der Waals surface area (Å²) in [4.78, 5) is 22.8. The van der Waals surface area contributed by atoms with E-state index < -0.39 is 0 Å². The minimum atomic E-state index is 0.435. The Hall–Kier alpha value is -3.17. The summed E-state index contributed by atoms with van der Waals surface area (Å²) in [6, 6.07) is 5.22. The van der Waals surface area contributed by atoms with E-state index in [1.54, 1.807) is 12.4 Å². The zero-order valence-electron chi connectivity index (χ0n) is 18.9. The molecule has 1 N–H and O–H groups in total. The summed E-state index contributed by atoms with van der Waals surface area (Å²) >= 11 is 0. The van der Waals surface area contributed by atoms with Gasteiger partial charge in [0.1, 0.15) is 5.52 Å². The number of hydrogen-bond acceptors (Lipinski definition) is 8. The van der Waals surface area contributed by atoms with Crippen LogP contribution in [-0.4, -0.2) is 84.7 Å². The molecule has 5 heterocycles. The highest BCUT2D eigenvalue weighted by molar-refractivity contribution is 5.84. The largest absolute Gasteiger partial charge is 0.350 e. The van der Waals surface area contributed by atoms with Gasteiger partial charge in [-0.15, -0.1) is 5.10 Å². The average Bonchev–Trinajstić information content (AvgIpc) is 3.28. The van der Waals surface area contributed by atoms with Gasteiger partial charge < -0.3 is 10.2 Å². The van der Waals surface area contributed by atoms with Crippen molar-refractivity contribution in [3.8, 4) is 11.1 Å². The first-order valence-electron chi connectivity index (χ1n) is 11.8. The third kappa shape index (κ3) is 4.14. The van der Waals surface area contributed by atoms with Gasteiger partial charge in [-0.1, -0.05) is 0 Å². The molecule has 33 heavy (non-hydrogen) atoms. The molecule has 6 rings (SSSR count). The van der Waals surface area contributed by atoms with Gasteiger partial charge in [0.2, 0.25) is 5.95 Å². The van der Waals surface area contributed by atoms with Crippen molar-refractivity contribution >= 4 is 22.6 Å². The first kappa shape index (κ1) is 20.4. The molecule has 2 aliphatic rings. The molecule has 9 nitrogen and oxygen atoms in total. The fraction of sp³-hybridized carbons (Fsp3) is 0.458. The van der Waals surface area contributed by atoms with Crippen molar-refractivity contribution in [2.45, 2.75) is 37.8 Å². The number of aromatic nitrogens is 6. The monoisotopic (exact) mass is 443 g/mol. The van der Waals surface area contributed by atoms with E-state index in [0.717, 1.165) is 28.2 Å². The van der Waals surface area contributed by atoms with Gasteiger partial charge in [-0.05, 0) is 44.9 Å². The van der Waals surface area contributed by atoms with Gasteiger partial charge in [-0.25, -0.2) is 19.5 Å². The predicted octanol–water partition coefficient (Wildman–Crippen LogP) is 2.71. The van der Waals surface area contributed by atoms with Crippen LogP contribution >= 0.6 is 0 Å². The zero-order valence-corrected chi connectivity index (χ0v) is 18.9. The number of likely N-dealkylation sites (N-methyl/N-ethyl adjacent to an activating group) is 1. The zero-order chi connectivity index (χ0) is 22.2. The fourth-order valence-electron chi connectivity index (χ4n) is 5.17. The minimum Gasteiger partial charge on any atom is -0.350 e. The first-order valence-corrected chi connectivity index (χ1v) is 11.8. The third-order valence-electron chi connectivity index (χ3n) is 7.14. The van der Waals surface area contributed by atoms with Gasteiger partial charge in [-0.2, -0.15) is 0 Å². The molecule has 0 radical (unpaired) electrons. The topological polar surface area (TPSA) is 87.4 Å². The second-order valence-corrected chi connectivity index (χ2v) is 9.25. The van der Waals surface area contributed by atoms with Crippen molar-refractivity contribution in [2.75, 3.05) is 38.5 Å². The highest BCUT2D eigenvalue weighted by Gasteiger charge is 2.28. The van der Waals surface area contributed by atoms with Crippen LogP contribution in [0.15, 0.2) is 43.1 Å². The number of hydrogen-bond donors (Lipinski definition) is 1. The van der Waals surface area contributed by atoms with Gasteiger partial charge in [-0.3, -0.25) is 9.88 Å². The molecule has 4 aromatic rings. The SMILES string of the molecule is CN1CCN(C2CCC(Nc3ncc4c(-c5cnc6nccnc6c5)ccn4n3)CC2)CC1. The Bertz CT molecular complexity index is 1250. The summed E-state index contributed by atoms with van der Waals surface area (Å²) in [6.45, 7) is 4.78. The van der Waals surface area contributed by atoms with Crippen LogP contribution in [0.5, 0.6) is 0 Å². The van der Waals surface area contributed by atoms with Gasteiger partial charge in [0.25, 0.3) is 0 Å². The molecule has 0 aromatic carbocycles. The first-order chi connectivity index (χ1) is 16.2. The van der Waals surface area contributed by atoms with E-state index in [1.165, 1.54) is 51.9 Å². The Morgan fingerprint density at radius 1 is 0.909 bits per heavy atom. The second-order valence-electron chi connectivity index (χ2n) is 9.25. The highest BCUT2D eigenvalue weighted by atomic mass is 15.3. The van der Waals surface area contributed by atoms with Crippen molar-refractivity contribution in [2.24, 2.45) is 0 Å². The Labute approximate surface area is 192 Å². The second kappa shape index (κ2) is 8.64. The predicted molar refractivity (Wildman–Crippen MR) is 128 cm³/mol. The molecular formula is C24H29N9. The van der Waals surface area contributed by atoms with Gasteiger partial charge >= 0.3 is 0 Å². The van der Waals surface area contributed by atoms with Crippen LogP contribution in [0, 0.1) is 0 Å². The molecule has 0 spiro atoms. The average molecular weight is 444 g/mol. The maximum absolute atomic E-state index is 4.73. The number of nitrogens with zero attached hydrogens (tertiary/aromatic N) is 8. The highest BCUT2D eigenvalue weighted by Crippen LogP contribution is 2.28. The molecule has 0 amide bonds. The molecule has 1 aliphatic carbocycles. The summed E-state index contributed by atoms with van der Waals surface area (Å²) in [6.07, 6.45) is 13.9. The molecule has 1 saturated carbocycles. The van der Waals surface area contributed by atoms with Crippen LogP contribution < -0.4 is 5.32 Å². The van der Waals surface area contributed by atoms with Crippen molar-refractivity contribution in [1.82, 2.24) is 39.3 Å². The summed E-state index contributed by atoms with van der Waals surface area (Å²) in [7, 11) is 2.22. The Balaban J connectivity index is 1.13. The number of piperazine rings is 1. The molecule has 9 heteroatoms. The van der Waals surface area contributed by atoms with E-state index in [2.05, 4.69) is 42.1 Å². The summed E-state index contributed by atoms with van der Waals surface area (Å²) in [5, 5.41) is 8.30. The number of rotatable bonds is 4.